The minimum atomic E-state index is -0.840. The molecule has 1 atom stereocenters. The summed E-state index contributed by atoms with van der Waals surface area (Å²) >= 11 is 0. The van der Waals surface area contributed by atoms with Gasteiger partial charge in [0, 0.05) is 0 Å². The maximum Gasteiger partial charge on any atom is 0.374 e. The smallest absolute Gasteiger partial charge is 0.374 e. The van der Waals surface area contributed by atoms with Gasteiger partial charge in [0.1, 0.15) is 24.7 Å². The summed E-state index contributed by atoms with van der Waals surface area (Å²) in [5, 5.41) is 4.59. The van der Waals surface area contributed by atoms with E-state index in [-0.39, 0.29) is 25.5 Å². The summed E-state index contributed by atoms with van der Waals surface area (Å²) in [5.41, 5.74) is 0. The van der Waals surface area contributed by atoms with E-state index in [1.54, 1.807) is 30.3 Å². The molecule has 0 spiro atoms. The number of hydrogen-bond donors (Lipinski definition) is 2. The molecule has 34 heavy (non-hydrogen) atoms. The van der Waals surface area contributed by atoms with Crippen LogP contribution < -0.4 is 24.8 Å². The lowest BCUT2D eigenvalue weighted by Crippen LogP contribution is -2.46. The molecular weight excluding hydrogens is 444 g/mol. The van der Waals surface area contributed by atoms with Gasteiger partial charge in [-0.1, -0.05) is 30.3 Å². The highest BCUT2D eigenvalue weighted by Gasteiger charge is 2.22. The molecule has 1 unspecified atom stereocenters. The number of hydrogen-bond acceptors (Lipinski definition) is 8. The van der Waals surface area contributed by atoms with E-state index in [0.717, 1.165) is 0 Å². The zero-order chi connectivity index (χ0) is 23.8. The molecule has 0 bridgehead atoms. The zero-order valence-electron chi connectivity index (χ0n) is 18.0. The molecular formula is C24H22N2O8. The molecule has 0 aliphatic carbocycles. The van der Waals surface area contributed by atoms with Gasteiger partial charge in [0.15, 0.2) is 24.2 Å². The van der Waals surface area contributed by atoms with Crippen LogP contribution in [0.5, 0.6) is 17.2 Å². The van der Waals surface area contributed by atoms with Crippen molar-refractivity contribution >= 4 is 17.9 Å². The zero-order valence-corrected chi connectivity index (χ0v) is 18.0. The molecule has 1 aromatic heterocycles. The number of ether oxygens (including phenoxy) is 4. The second kappa shape index (κ2) is 10.9. The third-order valence-corrected chi connectivity index (χ3v) is 4.63. The molecule has 2 heterocycles. The summed E-state index contributed by atoms with van der Waals surface area (Å²) in [4.78, 5) is 35.9. The summed E-state index contributed by atoms with van der Waals surface area (Å²) < 4.78 is 27.1. The number of fused-ring (bicyclic) bond motifs is 1. The fourth-order valence-electron chi connectivity index (χ4n) is 3.02. The number of furan rings is 1. The SMILES string of the molecule is O=C(COC(=O)c1ccc(COc2ccccc2)o1)NC(=O)NCC1COc2ccccc2O1. The molecule has 1 aliphatic rings. The molecule has 0 fully saturated rings. The molecule has 2 N–H and O–H groups in total. The van der Waals surface area contributed by atoms with E-state index in [1.807, 2.05) is 30.3 Å². The Morgan fingerprint density at radius 1 is 0.941 bits per heavy atom. The maximum absolute atomic E-state index is 12.1. The lowest BCUT2D eigenvalue weighted by atomic mass is 10.2. The van der Waals surface area contributed by atoms with Crippen LogP contribution in [0, 0.1) is 0 Å². The van der Waals surface area contributed by atoms with Crippen LogP contribution in [-0.4, -0.2) is 43.8 Å². The highest BCUT2D eigenvalue weighted by Crippen LogP contribution is 2.30. The Hall–Kier alpha value is -4.47. The molecule has 2 aromatic carbocycles. The van der Waals surface area contributed by atoms with Gasteiger partial charge >= 0.3 is 12.0 Å². The Balaban J connectivity index is 1.14. The van der Waals surface area contributed by atoms with Crippen molar-refractivity contribution in [3.8, 4) is 17.2 Å². The number of esters is 1. The molecule has 0 saturated carbocycles. The average molecular weight is 466 g/mol. The fourth-order valence-corrected chi connectivity index (χ4v) is 3.02. The Morgan fingerprint density at radius 3 is 2.53 bits per heavy atom. The third kappa shape index (κ3) is 6.28. The Bertz CT molecular complexity index is 1140. The van der Waals surface area contributed by atoms with Gasteiger partial charge in [-0.3, -0.25) is 10.1 Å². The summed E-state index contributed by atoms with van der Waals surface area (Å²) in [6, 6.07) is 18.6. The number of carbonyl (C=O) groups excluding carboxylic acids is 3. The Morgan fingerprint density at radius 2 is 1.71 bits per heavy atom. The van der Waals surface area contributed by atoms with Gasteiger partial charge in [0.2, 0.25) is 5.76 Å². The van der Waals surface area contributed by atoms with Crippen LogP contribution in [0.2, 0.25) is 0 Å². The van der Waals surface area contributed by atoms with E-state index in [4.69, 9.17) is 23.4 Å². The number of nitrogens with one attached hydrogen (secondary N) is 2. The van der Waals surface area contributed by atoms with Gasteiger partial charge in [0.05, 0.1) is 6.54 Å². The number of benzene rings is 2. The minimum absolute atomic E-state index is 0.0846. The number of carbonyl (C=O) groups is 3. The summed E-state index contributed by atoms with van der Waals surface area (Å²) in [6.07, 6.45) is -0.410. The largest absolute Gasteiger partial charge is 0.486 e. The van der Waals surface area contributed by atoms with Crippen molar-refractivity contribution in [1.82, 2.24) is 10.6 Å². The molecule has 1 aliphatic heterocycles. The first kappa shape index (κ1) is 22.7. The van der Waals surface area contributed by atoms with Crippen LogP contribution in [-0.2, 0) is 16.1 Å². The van der Waals surface area contributed by atoms with Crippen molar-refractivity contribution in [2.75, 3.05) is 19.8 Å². The fraction of sp³-hybridized carbons (Fsp3) is 0.208. The molecule has 10 nitrogen and oxygen atoms in total. The normalized spacial score (nSPS) is 14.1. The summed E-state index contributed by atoms with van der Waals surface area (Å²) in [6.45, 7) is -0.156. The van der Waals surface area contributed by atoms with Crippen molar-refractivity contribution in [2.24, 2.45) is 0 Å². The quantitative estimate of drug-likeness (QED) is 0.486. The molecule has 4 rings (SSSR count). The molecule has 0 saturated heterocycles. The molecule has 0 radical (unpaired) electrons. The number of imide groups is 1. The van der Waals surface area contributed by atoms with Crippen LogP contribution >= 0.6 is 0 Å². The first-order valence-electron chi connectivity index (χ1n) is 10.5. The minimum Gasteiger partial charge on any atom is -0.486 e. The third-order valence-electron chi connectivity index (χ3n) is 4.63. The maximum atomic E-state index is 12.1. The van der Waals surface area contributed by atoms with E-state index in [9.17, 15) is 14.4 Å². The Kier molecular flexibility index (Phi) is 7.28. The lowest BCUT2D eigenvalue weighted by molar-refractivity contribution is -0.123. The molecule has 10 heteroatoms. The van der Waals surface area contributed by atoms with Gasteiger partial charge in [-0.2, -0.15) is 0 Å². The van der Waals surface area contributed by atoms with Crippen molar-refractivity contribution in [2.45, 2.75) is 12.7 Å². The second-order valence-corrected chi connectivity index (χ2v) is 7.20. The lowest BCUT2D eigenvalue weighted by Gasteiger charge is -2.26. The van der Waals surface area contributed by atoms with Crippen molar-refractivity contribution in [1.29, 1.82) is 0 Å². The predicted molar refractivity (Wildman–Crippen MR) is 118 cm³/mol. The number of para-hydroxylation sites is 3. The van der Waals surface area contributed by atoms with Crippen molar-refractivity contribution in [3.63, 3.8) is 0 Å². The number of rotatable bonds is 8. The van der Waals surface area contributed by atoms with E-state index >= 15 is 0 Å². The van der Waals surface area contributed by atoms with Gasteiger partial charge in [-0.05, 0) is 36.4 Å². The Labute approximate surface area is 194 Å². The highest BCUT2D eigenvalue weighted by atomic mass is 16.6. The van der Waals surface area contributed by atoms with Crippen LogP contribution in [0.3, 0.4) is 0 Å². The standard InChI is InChI=1S/C24H22N2O8/c27-22(26-24(29)25-12-18-14-31-19-8-4-5-9-20(19)34-18)15-32-23(28)21-11-10-17(33-21)13-30-16-6-2-1-3-7-16/h1-11,18H,12-15H2,(H2,25,26,27,29). The van der Waals surface area contributed by atoms with E-state index in [0.29, 0.717) is 23.0 Å². The highest BCUT2D eigenvalue weighted by molar-refractivity contribution is 5.96. The first-order valence-corrected chi connectivity index (χ1v) is 10.5. The summed E-state index contributed by atoms with van der Waals surface area (Å²) in [5.74, 6) is 0.563. The average Bonchev–Trinajstić information content (AvgIpc) is 3.34. The first-order chi connectivity index (χ1) is 16.6. The van der Waals surface area contributed by atoms with Gasteiger partial charge in [0.25, 0.3) is 5.91 Å². The second-order valence-electron chi connectivity index (χ2n) is 7.20. The van der Waals surface area contributed by atoms with E-state index in [1.165, 1.54) is 6.07 Å². The summed E-state index contributed by atoms with van der Waals surface area (Å²) in [7, 11) is 0. The van der Waals surface area contributed by atoms with Gasteiger partial charge < -0.3 is 28.7 Å². The molecule has 3 amide bonds. The van der Waals surface area contributed by atoms with Crippen molar-refractivity contribution in [3.05, 3.63) is 78.3 Å². The van der Waals surface area contributed by atoms with E-state index < -0.39 is 30.6 Å². The van der Waals surface area contributed by atoms with Crippen LogP contribution in [0.4, 0.5) is 4.79 Å². The van der Waals surface area contributed by atoms with Crippen LogP contribution in [0.25, 0.3) is 0 Å². The van der Waals surface area contributed by atoms with Crippen molar-refractivity contribution < 1.29 is 37.7 Å². The van der Waals surface area contributed by atoms with Gasteiger partial charge in [-0.25, -0.2) is 9.59 Å². The van der Waals surface area contributed by atoms with Gasteiger partial charge in [-0.15, -0.1) is 0 Å². The number of urea groups is 1. The predicted octanol–water partition coefficient (Wildman–Crippen LogP) is 2.68. The topological polar surface area (TPSA) is 125 Å². The van der Waals surface area contributed by atoms with Crippen LogP contribution in [0.1, 0.15) is 16.3 Å². The molecule has 3 aromatic rings. The number of amides is 3. The molecule has 176 valence electrons. The van der Waals surface area contributed by atoms with E-state index in [2.05, 4.69) is 10.6 Å². The van der Waals surface area contributed by atoms with Crippen LogP contribution in [0.15, 0.2) is 71.1 Å². The monoisotopic (exact) mass is 466 g/mol.